The average molecular weight is 149 g/mol. The number of anilines is 1. The van der Waals surface area contributed by atoms with Gasteiger partial charge in [-0.05, 0) is 0 Å². The van der Waals surface area contributed by atoms with Crippen molar-refractivity contribution in [3.8, 4) is 11.5 Å². The third kappa shape index (κ3) is 0.958. The van der Waals surface area contributed by atoms with E-state index in [4.69, 9.17) is 5.73 Å². The fourth-order valence-corrected chi connectivity index (χ4v) is 0.870. The van der Waals surface area contributed by atoms with Crippen LogP contribution in [0.3, 0.4) is 0 Å². The lowest BCUT2D eigenvalue weighted by Gasteiger charge is -1.86. The molecule has 2 aromatic heterocycles. The summed E-state index contributed by atoms with van der Waals surface area (Å²) < 4.78 is 0. The monoisotopic (exact) mass is 149 g/mol. The number of rotatable bonds is 1. The molecule has 0 saturated carbocycles. The maximum Gasteiger partial charge on any atom is 0.197 e. The molecule has 0 spiro atoms. The second-order valence-electron chi connectivity index (χ2n) is 2.12. The maximum absolute atomic E-state index is 5.38. The van der Waals surface area contributed by atoms with Crippen LogP contribution in [0.1, 0.15) is 0 Å². The summed E-state index contributed by atoms with van der Waals surface area (Å²) in [5.41, 5.74) is 6.17. The first kappa shape index (κ1) is 5.96. The van der Waals surface area contributed by atoms with Crippen LogP contribution in [0.15, 0.2) is 18.6 Å². The molecule has 2 rings (SSSR count). The SMILES string of the molecule is Nc1ncc(-c2ncc[nH]2)[nH]1. The minimum absolute atomic E-state index is 0.399. The van der Waals surface area contributed by atoms with Crippen LogP contribution >= 0.6 is 0 Å². The van der Waals surface area contributed by atoms with Crippen molar-refractivity contribution in [3.05, 3.63) is 18.6 Å². The van der Waals surface area contributed by atoms with E-state index in [1.54, 1.807) is 18.6 Å². The van der Waals surface area contributed by atoms with Crippen LogP contribution in [-0.2, 0) is 0 Å². The predicted octanol–water partition coefficient (Wildman–Crippen LogP) is 0.382. The molecule has 5 nitrogen and oxygen atoms in total. The van der Waals surface area contributed by atoms with E-state index in [1.165, 1.54) is 0 Å². The lowest BCUT2D eigenvalue weighted by Crippen LogP contribution is -1.86. The van der Waals surface area contributed by atoms with E-state index in [0.717, 1.165) is 11.5 Å². The Morgan fingerprint density at radius 3 is 2.82 bits per heavy atom. The van der Waals surface area contributed by atoms with Crippen LogP contribution in [0.25, 0.3) is 11.5 Å². The van der Waals surface area contributed by atoms with E-state index in [0.29, 0.717) is 5.95 Å². The fourth-order valence-electron chi connectivity index (χ4n) is 0.870. The summed E-state index contributed by atoms with van der Waals surface area (Å²) in [7, 11) is 0. The van der Waals surface area contributed by atoms with Gasteiger partial charge >= 0.3 is 0 Å². The highest BCUT2D eigenvalue weighted by Crippen LogP contribution is 2.10. The van der Waals surface area contributed by atoms with Crippen LogP contribution in [0.2, 0.25) is 0 Å². The van der Waals surface area contributed by atoms with Crippen LogP contribution in [-0.4, -0.2) is 19.9 Å². The van der Waals surface area contributed by atoms with E-state index in [1.807, 2.05) is 0 Å². The Kier molecular flexibility index (Phi) is 1.15. The number of H-pyrrole nitrogens is 2. The number of nitrogens with two attached hydrogens (primary N) is 1. The van der Waals surface area contributed by atoms with Crippen molar-refractivity contribution >= 4 is 5.95 Å². The average Bonchev–Trinajstić information content (AvgIpc) is 2.55. The molecular weight excluding hydrogens is 142 g/mol. The van der Waals surface area contributed by atoms with Crippen molar-refractivity contribution in [1.82, 2.24) is 19.9 Å². The molecule has 2 aromatic rings. The number of nitrogen functional groups attached to an aromatic ring is 1. The van der Waals surface area contributed by atoms with Crippen molar-refractivity contribution in [2.45, 2.75) is 0 Å². The normalized spacial score (nSPS) is 10.2. The van der Waals surface area contributed by atoms with Gasteiger partial charge in [-0.25, -0.2) is 9.97 Å². The molecular formula is C6H7N5. The van der Waals surface area contributed by atoms with Crippen LogP contribution in [0, 0.1) is 0 Å². The zero-order valence-corrected chi connectivity index (χ0v) is 5.70. The molecule has 0 fully saturated rings. The molecule has 0 atom stereocenters. The predicted molar refractivity (Wildman–Crippen MR) is 40.6 cm³/mol. The van der Waals surface area contributed by atoms with E-state index >= 15 is 0 Å². The van der Waals surface area contributed by atoms with Gasteiger partial charge in [-0.2, -0.15) is 0 Å². The van der Waals surface area contributed by atoms with E-state index in [2.05, 4.69) is 19.9 Å². The molecule has 5 heteroatoms. The first-order valence-corrected chi connectivity index (χ1v) is 3.16. The Bertz CT molecular complexity index is 333. The summed E-state index contributed by atoms with van der Waals surface area (Å²) >= 11 is 0. The Balaban J connectivity index is 2.45. The third-order valence-corrected chi connectivity index (χ3v) is 1.35. The van der Waals surface area contributed by atoms with Crippen molar-refractivity contribution < 1.29 is 0 Å². The third-order valence-electron chi connectivity index (χ3n) is 1.35. The molecule has 0 saturated heterocycles. The first-order chi connectivity index (χ1) is 5.36. The molecule has 0 aliphatic heterocycles. The fraction of sp³-hybridized carbons (Fsp3) is 0. The highest BCUT2D eigenvalue weighted by atomic mass is 15.0. The molecule has 0 amide bonds. The van der Waals surface area contributed by atoms with Gasteiger partial charge in [0, 0.05) is 12.4 Å². The molecule has 0 bridgehead atoms. The van der Waals surface area contributed by atoms with Crippen LogP contribution in [0.5, 0.6) is 0 Å². The van der Waals surface area contributed by atoms with Crippen LogP contribution < -0.4 is 5.73 Å². The van der Waals surface area contributed by atoms with Gasteiger partial charge in [0.15, 0.2) is 11.8 Å². The van der Waals surface area contributed by atoms with Crippen molar-refractivity contribution in [1.29, 1.82) is 0 Å². The summed E-state index contributed by atoms with van der Waals surface area (Å²) in [5.74, 6) is 1.14. The number of aromatic amines is 2. The second kappa shape index (κ2) is 2.12. The molecule has 0 aromatic carbocycles. The van der Waals surface area contributed by atoms with Crippen molar-refractivity contribution in [2.24, 2.45) is 0 Å². The summed E-state index contributed by atoms with van der Waals surface area (Å²) in [4.78, 5) is 13.6. The summed E-state index contributed by atoms with van der Waals surface area (Å²) in [6, 6.07) is 0. The number of hydrogen-bond acceptors (Lipinski definition) is 3. The highest BCUT2D eigenvalue weighted by Gasteiger charge is 2.00. The Hall–Kier alpha value is -1.78. The van der Waals surface area contributed by atoms with Crippen molar-refractivity contribution in [2.75, 3.05) is 5.73 Å². The Morgan fingerprint density at radius 2 is 2.27 bits per heavy atom. The zero-order chi connectivity index (χ0) is 7.68. The zero-order valence-electron chi connectivity index (χ0n) is 5.70. The van der Waals surface area contributed by atoms with Crippen molar-refractivity contribution in [3.63, 3.8) is 0 Å². The van der Waals surface area contributed by atoms with Gasteiger partial charge in [0.1, 0.15) is 5.69 Å². The minimum atomic E-state index is 0.399. The highest BCUT2D eigenvalue weighted by molar-refractivity contribution is 5.49. The lowest BCUT2D eigenvalue weighted by molar-refractivity contribution is 1.26. The van der Waals surface area contributed by atoms with Gasteiger partial charge in [-0.15, -0.1) is 0 Å². The molecule has 4 N–H and O–H groups in total. The molecule has 56 valence electrons. The van der Waals surface area contributed by atoms with Gasteiger partial charge in [0.25, 0.3) is 0 Å². The topological polar surface area (TPSA) is 83.4 Å². The van der Waals surface area contributed by atoms with E-state index < -0.39 is 0 Å². The Morgan fingerprint density at radius 1 is 1.36 bits per heavy atom. The number of nitrogens with zero attached hydrogens (tertiary/aromatic N) is 2. The molecule has 0 unspecified atom stereocenters. The first-order valence-electron chi connectivity index (χ1n) is 3.16. The summed E-state index contributed by atoms with van der Waals surface area (Å²) in [5, 5.41) is 0. The minimum Gasteiger partial charge on any atom is -0.369 e. The molecule has 0 aliphatic rings. The molecule has 0 radical (unpaired) electrons. The van der Waals surface area contributed by atoms with E-state index in [9.17, 15) is 0 Å². The number of hydrogen-bond donors (Lipinski definition) is 3. The van der Waals surface area contributed by atoms with Crippen LogP contribution in [0.4, 0.5) is 5.95 Å². The number of nitrogens with one attached hydrogen (secondary N) is 2. The summed E-state index contributed by atoms with van der Waals surface area (Å²) in [6.07, 6.45) is 5.05. The smallest absolute Gasteiger partial charge is 0.197 e. The van der Waals surface area contributed by atoms with Gasteiger partial charge < -0.3 is 15.7 Å². The maximum atomic E-state index is 5.38. The van der Waals surface area contributed by atoms with Gasteiger partial charge in [0.05, 0.1) is 6.20 Å². The second-order valence-corrected chi connectivity index (χ2v) is 2.12. The Labute approximate surface area is 62.7 Å². The van der Waals surface area contributed by atoms with Gasteiger partial charge in [0.2, 0.25) is 0 Å². The molecule has 0 aliphatic carbocycles. The summed E-state index contributed by atoms with van der Waals surface area (Å²) in [6.45, 7) is 0. The number of imidazole rings is 2. The van der Waals surface area contributed by atoms with Gasteiger partial charge in [-0.1, -0.05) is 0 Å². The molecule has 11 heavy (non-hydrogen) atoms. The standard InChI is InChI=1S/C6H7N5/c7-6-10-3-4(11-6)5-8-1-2-9-5/h1-3H,(H,8,9)(H3,7,10,11). The number of aromatic nitrogens is 4. The molecule has 2 heterocycles. The largest absolute Gasteiger partial charge is 0.369 e. The lowest BCUT2D eigenvalue weighted by atomic mass is 10.5. The van der Waals surface area contributed by atoms with E-state index in [-0.39, 0.29) is 0 Å². The van der Waals surface area contributed by atoms with Gasteiger partial charge in [-0.3, -0.25) is 0 Å². The quantitative estimate of drug-likeness (QED) is 0.548.